The standard InChI is InChI=1S/C22H16Br4N2O4/c1-31-19-15(23)7-11(8-16(19)24)21(29)27-13-3-5-14(6-4-13)28-22(30)12-9-17(25)20(32-2)18(26)10-12/h3-10H,1-2H3,(H,27,29)(H,28,30). The number of nitrogens with one attached hydrogen (secondary N) is 2. The van der Waals surface area contributed by atoms with Crippen molar-refractivity contribution in [2.45, 2.75) is 0 Å². The minimum Gasteiger partial charge on any atom is -0.494 e. The second-order valence-electron chi connectivity index (χ2n) is 6.43. The third kappa shape index (κ3) is 5.72. The molecule has 0 aliphatic rings. The summed E-state index contributed by atoms with van der Waals surface area (Å²) in [5.74, 6) is 0.660. The number of hydrogen-bond acceptors (Lipinski definition) is 4. The van der Waals surface area contributed by atoms with Gasteiger partial charge in [0.2, 0.25) is 0 Å². The highest BCUT2D eigenvalue weighted by atomic mass is 79.9. The van der Waals surface area contributed by atoms with Crippen molar-refractivity contribution in [1.29, 1.82) is 0 Å². The second-order valence-corrected chi connectivity index (χ2v) is 9.85. The monoisotopic (exact) mass is 688 g/mol. The predicted molar refractivity (Wildman–Crippen MR) is 139 cm³/mol. The zero-order valence-corrected chi connectivity index (χ0v) is 23.1. The van der Waals surface area contributed by atoms with Crippen molar-refractivity contribution in [3.63, 3.8) is 0 Å². The van der Waals surface area contributed by atoms with E-state index in [0.717, 1.165) is 0 Å². The van der Waals surface area contributed by atoms with Crippen LogP contribution in [-0.4, -0.2) is 26.0 Å². The van der Waals surface area contributed by atoms with E-state index in [4.69, 9.17) is 9.47 Å². The smallest absolute Gasteiger partial charge is 0.255 e. The molecule has 166 valence electrons. The Hall–Kier alpha value is -1.88. The van der Waals surface area contributed by atoms with E-state index in [1.165, 1.54) is 0 Å². The minimum absolute atomic E-state index is 0.279. The van der Waals surface area contributed by atoms with Gasteiger partial charge in [0, 0.05) is 22.5 Å². The van der Waals surface area contributed by atoms with Gasteiger partial charge in [-0.05, 0) is 112 Å². The Kier molecular flexibility index (Phi) is 8.37. The number of halogens is 4. The van der Waals surface area contributed by atoms with Crippen LogP contribution in [0.4, 0.5) is 11.4 Å². The van der Waals surface area contributed by atoms with Crippen LogP contribution in [0, 0.1) is 0 Å². The highest BCUT2D eigenvalue weighted by Gasteiger charge is 2.15. The number of hydrogen-bond donors (Lipinski definition) is 2. The van der Waals surface area contributed by atoms with Gasteiger partial charge in [-0.1, -0.05) is 0 Å². The lowest BCUT2D eigenvalue weighted by Crippen LogP contribution is -2.13. The van der Waals surface area contributed by atoms with Gasteiger partial charge < -0.3 is 20.1 Å². The third-order valence-electron chi connectivity index (χ3n) is 4.33. The van der Waals surface area contributed by atoms with Gasteiger partial charge in [0.15, 0.2) is 0 Å². The molecule has 32 heavy (non-hydrogen) atoms. The fourth-order valence-electron chi connectivity index (χ4n) is 2.82. The number of benzene rings is 3. The molecule has 3 aromatic rings. The van der Waals surface area contributed by atoms with Gasteiger partial charge in [-0.25, -0.2) is 0 Å². The molecule has 6 nitrogen and oxygen atoms in total. The van der Waals surface area contributed by atoms with E-state index < -0.39 is 0 Å². The SMILES string of the molecule is COc1c(Br)cc(C(=O)Nc2ccc(NC(=O)c3cc(Br)c(OC)c(Br)c3)cc2)cc1Br. The van der Waals surface area contributed by atoms with Gasteiger partial charge in [-0.3, -0.25) is 9.59 Å². The molecule has 0 aliphatic carbocycles. The van der Waals surface area contributed by atoms with Crippen LogP contribution in [0.5, 0.6) is 11.5 Å². The molecule has 2 amide bonds. The van der Waals surface area contributed by atoms with Crippen LogP contribution in [0.15, 0.2) is 66.4 Å². The lowest BCUT2D eigenvalue weighted by molar-refractivity contribution is 0.101. The largest absolute Gasteiger partial charge is 0.494 e. The van der Waals surface area contributed by atoms with Gasteiger partial charge in [-0.2, -0.15) is 0 Å². The molecule has 0 aromatic heterocycles. The van der Waals surface area contributed by atoms with Crippen LogP contribution in [-0.2, 0) is 0 Å². The van der Waals surface area contributed by atoms with Gasteiger partial charge >= 0.3 is 0 Å². The molecule has 0 heterocycles. The molecule has 0 spiro atoms. The van der Waals surface area contributed by atoms with Crippen LogP contribution in [0.1, 0.15) is 20.7 Å². The Balaban J connectivity index is 1.69. The van der Waals surface area contributed by atoms with Crippen molar-refractivity contribution < 1.29 is 19.1 Å². The quantitative estimate of drug-likeness (QED) is 0.286. The van der Waals surface area contributed by atoms with E-state index in [1.807, 2.05) is 0 Å². The van der Waals surface area contributed by atoms with Crippen LogP contribution >= 0.6 is 63.7 Å². The Labute approximate surface area is 218 Å². The molecule has 3 rings (SSSR count). The fourth-order valence-corrected chi connectivity index (χ4v) is 5.84. The van der Waals surface area contributed by atoms with E-state index in [-0.39, 0.29) is 11.8 Å². The number of carbonyl (C=O) groups is 2. The maximum Gasteiger partial charge on any atom is 0.255 e. The highest BCUT2D eigenvalue weighted by molar-refractivity contribution is 9.11. The topological polar surface area (TPSA) is 76.7 Å². The number of carbonyl (C=O) groups excluding carboxylic acids is 2. The van der Waals surface area contributed by atoms with Crippen LogP contribution in [0.25, 0.3) is 0 Å². The van der Waals surface area contributed by atoms with E-state index in [0.29, 0.717) is 51.9 Å². The van der Waals surface area contributed by atoms with E-state index in [1.54, 1.807) is 62.8 Å². The Morgan fingerprint density at radius 3 is 1.16 bits per heavy atom. The van der Waals surface area contributed by atoms with Crippen LogP contribution in [0.3, 0.4) is 0 Å². The molecule has 2 N–H and O–H groups in total. The molecule has 3 aromatic carbocycles. The van der Waals surface area contributed by atoms with Gasteiger partial charge in [-0.15, -0.1) is 0 Å². The van der Waals surface area contributed by atoms with Crippen LogP contribution in [0.2, 0.25) is 0 Å². The summed E-state index contributed by atoms with van der Waals surface area (Å²) in [6.07, 6.45) is 0. The molecule has 0 aliphatic heterocycles. The summed E-state index contributed by atoms with van der Waals surface area (Å²) in [4.78, 5) is 25.2. The molecule has 0 unspecified atom stereocenters. The van der Waals surface area contributed by atoms with Crippen LogP contribution < -0.4 is 20.1 Å². The summed E-state index contributed by atoms with van der Waals surface area (Å²) in [6.45, 7) is 0. The summed E-state index contributed by atoms with van der Waals surface area (Å²) in [6, 6.07) is 13.6. The second kappa shape index (κ2) is 10.8. The zero-order valence-electron chi connectivity index (χ0n) is 16.8. The average Bonchev–Trinajstić information content (AvgIpc) is 2.74. The van der Waals surface area contributed by atoms with Crippen molar-refractivity contribution in [3.05, 3.63) is 77.5 Å². The lowest BCUT2D eigenvalue weighted by Gasteiger charge is -2.11. The lowest BCUT2D eigenvalue weighted by atomic mass is 10.2. The van der Waals surface area contributed by atoms with E-state index >= 15 is 0 Å². The minimum atomic E-state index is -0.279. The predicted octanol–water partition coefficient (Wildman–Crippen LogP) is 7.26. The molecular weight excluding hydrogens is 676 g/mol. The van der Waals surface area contributed by atoms with Gasteiger partial charge in [0.1, 0.15) is 11.5 Å². The molecule has 10 heteroatoms. The first kappa shape index (κ1) is 24.8. The average molecular weight is 692 g/mol. The molecule has 0 atom stereocenters. The number of amides is 2. The number of anilines is 2. The van der Waals surface area contributed by atoms with Gasteiger partial charge in [0.05, 0.1) is 32.1 Å². The van der Waals surface area contributed by atoms with Crippen molar-refractivity contribution >= 4 is 86.9 Å². The summed E-state index contributed by atoms with van der Waals surface area (Å²) in [5, 5.41) is 5.66. The molecule has 0 bridgehead atoms. The number of rotatable bonds is 6. The van der Waals surface area contributed by atoms with Crippen molar-refractivity contribution in [2.75, 3.05) is 24.9 Å². The zero-order chi connectivity index (χ0) is 23.4. The fraction of sp³-hybridized carbons (Fsp3) is 0.0909. The molecule has 0 fully saturated rings. The Morgan fingerprint density at radius 2 is 0.906 bits per heavy atom. The Bertz CT molecular complexity index is 1040. The summed E-state index contributed by atoms with van der Waals surface area (Å²) in [5.41, 5.74) is 2.09. The molecule has 0 saturated carbocycles. The first-order valence-electron chi connectivity index (χ1n) is 9.02. The normalized spacial score (nSPS) is 10.4. The number of methoxy groups -OCH3 is 2. The third-order valence-corrected chi connectivity index (χ3v) is 6.69. The molecule has 0 saturated heterocycles. The number of ether oxygens (including phenoxy) is 2. The molecular formula is C22H16Br4N2O4. The van der Waals surface area contributed by atoms with E-state index in [9.17, 15) is 9.59 Å². The highest BCUT2D eigenvalue weighted by Crippen LogP contribution is 2.35. The summed E-state index contributed by atoms with van der Waals surface area (Å²) in [7, 11) is 3.11. The first-order chi connectivity index (χ1) is 15.2. The molecule has 0 radical (unpaired) electrons. The van der Waals surface area contributed by atoms with Gasteiger partial charge in [0.25, 0.3) is 11.8 Å². The summed E-state index contributed by atoms with van der Waals surface area (Å²) < 4.78 is 13.2. The van der Waals surface area contributed by atoms with E-state index in [2.05, 4.69) is 74.4 Å². The van der Waals surface area contributed by atoms with Crippen molar-refractivity contribution in [3.8, 4) is 11.5 Å². The Morgan fingerprint density at radius 1 is 0.625 bits per heavy atom. The summed E-state index contributed by atoms with van der Waals surface area (Å²) >= 11 is 13.6. The maximum absolute atomic E-state index is 12.6. The maximum atomic E-state index is 12.6. The van der Waals surface area contributed by atoms with Crippen molar-refractivity contribution in [1.82, 2.24) is 0 Å². The first-order valence-corrected chi connectivity index (χ1v) is 12.2. The van der Waals surface area contributed by atoms with Crippen molar-refractivity contribution in [2.24, 2.45) is 0 Å².